The van der Waals surface area contributed by atoms with Gasteiger partial charge in [0.2, 0.25) is 0 Å². The van der Waals surface area contributed by atoms with Crippen molar-refractivity contribution in [1.82, 2.24) is 0 Å². The quantitative estimate of drug-likeness (QED) is 0.689. The van der Waals surface area contributed by atoms with Gasteiger partial charge in [-0.3, -0.25) is 0 Å². The van der Waals surface area contributed by atoms with E-state index in [1.165, 1.54) is 11.1 Å². The van der Waals surface area contributed by atoms with Crippen molar-refractivity contribution in [2.24, 2.45) is 5.41 Å². The Kier molecular flexibility index (Phi) is 2.71. The minimum absolute atomic E-state index is 0.342. The summed E-state index contributed by atoms with van der Waals surface area (Å²) in [6, 6.07) is 19.1. The molecular formula is C17H17Cl. The largest absolute Gasteiger partial charge is 0.0843 e. The number of hydrogen-bond acceptors (Lipinski definition) is 0. The smallest absolute Gasteiger partial charge is 0.0406 e. The summed E-state index contributed by atoms with van der Waals surface area (Å²) in [4.78, 5) is 0. The lowest BCUT2D eigenvalue weighted by molar-refractivity contribution is 0.601. The Balaban J connectivity index is 1.93. The molecule has 1 aliphatic carbocycles. The normalized spacial score (nSPS) is 24.8. The van der Waals surface area contributed by atoms with E-state index in [1.807, 2.05) is 12.1 Å². The van der Waals surface area contributed by atoms with Gasteiger partial charge in [-0.15, -0.1) is 0 Å². The molecule has 1 aliphatic rings. The molecule has 0 spiro atoms. The van der Waals surface area contributed by atoms with Gasteiger partial charge in [0.15, 0.2) is 0 Å². The van der Waals surface area contributed by atoms with E-state index in [1.54, 1.807) is 0 Å². The third kappa shape index (κ3) is 1.85. The summed E-state index contributed by atoms with van der Waals surface area (Å²) in [5, 5.41) is 0.813. The molecule has 2 aromatic rings. The molecule has 0 nitrogen and oxygen atoms in total. The van der Waals surface area contributed by atoms with E-state index in [2.05, 4.69) is 56.3 Å². The Morgan fingerprint density at radius 2 is 1.28 bits per heavy atom. The molecule has 2 atom stereocenters. The van der Waals surface area contributed by atoms with Gasteiger partial charge >= 0.3 is 0 Å². The summed E-state index contributed by atoms with van der Waals surface area (Å²) in [5.74, 6) is 1.23. The van der Waals surface area contributed by atoms with Crippen LogP contribution in [0.4, 0.5) is 0 Å². The Labute approximate surface area is 114 Å². The van der Waals surface area contributed by atoms with Crippen molar-refractivity contribution in [3.05, 3.63) is 70.7 Å². The average Bonchev–Trinajstić information content (AvgIpc) is 2.94. The van der Waals surface area contributed by atoms with Gasteiger partial charge in [0, 0.05) is 5.02 Å². The first-order valence-electron chi connectivity index (χ1n) is 6.41. The van der Waals surface area contributed by atoms with Gasteiger partial charge in [-0.25, -0.2) is 0 Å². The number of halogens is 1. The van der Waals surface area contributed by atoms with Crippen LogP contribution in [-0.4, -0.2) is 0 Å². The van der Waals surface area contributed by atoms with Crippen molar-refractivity contribution < 1.29 is 0 Å². The molecule has 0 radical (unpaired) electrons. The Hall–Kier alpha value is -1.27. The van der Waals surface area contributed by atoms with E-state index >= 15 is 0 Å². The molecule has 0 heterocycles. The summed E-state index contributed by atoms with van der Waals surface area (Å²) in [7, 11) is 0. The van der Waals surface area contributed by atoms with Crippen molar-refractivity contribution in [3.8, 4) is 0 Å². The van der Waals surface area contributed by atoms with Crippen molar-refractivity contribution >= 4 is 11.6 Å². The fourth-order valence-electron chi connectivity index (χ4n) is 3.21. The van der Waals surface area contributed by atoms with Crippen LogP contribution in [0.2, 0.25) is 5.02 Å². The molecule has 2 unspecified atom stereocenters. The number of hydrogen-bond donors (Lipinski definition) is 0. The summed E-state index contributed by atoms with van der Waals surface area (Å²) in [5.41, 5.74) is 3.19. The summed E-state index contributed by atoms with van der Waals surface area (Å²) in [6.07, 6.45) is 0. The highest BCUT2D eigenvalue weighted by Gasteiger charge is 2.58. The van der Waals surface area contributed by atoms with Crippen LogP contribution >= 0.6 is 11.6 Å². The highest BCUT2D eigenvalue weighted by Crippen LogP contribution is 2.69. The van der Waals surface area contributed by atoms with Gasteiger partial charge in [-0.05, 0) is 40.5 Å². The number of rotatable bonds is 2. The maximum absolute atomic E-state index is 5.96. The topological polar surface area (TPSA) is 0 Å². The molecule has 3 rings (SSSR count). The van der Waals surface area contributed by atoms with Crippen molar-refractivity contribution in [2.45, 2.75) is 25.7 Å². The second kappa shape index (κ2) is 4.13. The second-order valence-electron chi connectivity index (χ2n) is 5.74. The van der Waals surface area contributed by atoms with Crippen molar-refractivity contribution in [3.63, 3.8) is 0 Å². The Bertz CT molecular complexity index is 540. The SMILES string of the molecule is CC1(C)C(c2ccccc2)C1c1ccc(Cl)cc1. The minimum Gasteiger partial charge on any atom is -0.0843 e. The first-order valence-corrected chi connectivity index (χ1v) is 6.79. The lowest BCUT2D eigenvalue weighted by Crippen LogP contribution is -1.90. The molecule has 18 heavy (non-hydrogen) atoms. The summed E-state index contributed by atoms with van der Waals surface area (Å²) >= 11 is 5.96. The Morgan fingerprint density at radius 3 is 1.83 bits per heavy atom. The predicted octanol–water partition coefficient (Wildman–Crippen LogP) is 5.25. The van der Waals surface area contributed by atoms with Gasteiger partial charge in [0.25, 0.3) is 0 Å². The molecular weight excluding hydrogens is 240 g/mol. The standard InChI is InChI=1S/C17H17Cl/c1-17(2)15(12-6-4-3-5-7-12)16(17)13-8-10-14(18)11-9-13/h3-11,15-16H,1-2H3. The maximum Gasteiger partial charge on any atom is 0.0406 e. The van der Waals surface area contributed by atoms with Crippen LogP contribution in [0.1, 0.15) is 36.8 Å². The zero-order valence-electron chi connectivity index (χ0n) is 10.7. The average molecular weight is 257 g/mol. The van der Waals surface area contributed by atoms with Crippen LogP contribution in [0.15, 0.2) is 54.6 Å². The van der Waals surface area contributed by atoms with E-state index in [-0.39, 0.29) is 0 Å². The molecule has 1 fully saturated rings. The Morgan fingerprint density at radius 1 is 0.778 bits per heavy atom. The zero-order chi connectivity index (χ0) is 12.8. The van der Waals surface area contributed by atoms with E-state index in [4.69, 9.17) is 11.6 Å². The molecule has 1 heteroatoms. The molecule has 0 N–H and O–H groups in total. The van der Waals surface area contributed by atoms with Crippen LogP contribution in [0.3, 0.4) is 0 Å². The summed E-state index contributed by atoms with van der Waals surface area (Å²) < 4.78 is 0. The van der Waals surface area contributed by atoms with E-state index in [9.17, 15) is 0 Å². The molecule has 92 valence electrons. The molecule has 0 aromatic heterocycles. The first-order chi connectivity index (χ1) is 8.60. The molecule has 0 saturated heterocycles. The van der Waals surface area contributed by atoms with Gasteiger partial charge < -0.3 is 0 Å². The van der Waals surface area contributed by atoms with Crippen LogP contribution in [0.25, 0.3) is 0 Å². The van der Waals surface area contributed by atoms with Crippen LogP contribution in [0.5, 0.6) is 0 Å². The van der Waals surface area contributed by atoms with Gasteiger partial charge in [-0.1, -0.05) is 67.9 Å². The van der Waals surface area contributed by atoms with Crippen molar-refractivity contribution in [1.29, 1.82) is 0 Å². The summed E-state index contributed by atoms with van der Waals surface area (Å²) in [6.45, 7) is 4.70. The highest BCUT2D eigenvalue weighted by molar-refractivity contribution is 6.30. The second-order valence-corrected chi connectivity index (χ2v) is 6.18. The van der Waals surface area contributed by atoms with Crippen LogP contribution < -0.4 is 0 Å². The first kappa shape index (κ1) is 11.8. The van der Waals surface area contributed by atoms with Gasteiger partial charge in [0.05, 0.1) is 0 Å². The molecule has 1 saturated carbocycles. The molecule has 0 bridgehead atoms. The molecule has 2 aromatic carbocycles. The van der Waals surface area contributed by atoms with E-state index in [0.29, 0.717) is 17.3 Å². The van der Waals surface area contributed by atoms with E-state index < -0.39 is 0 Å². The third-order valence-corrected chi connectivity index (χ3v) is 4.47. The fraction of sp³-hybridized carbons (Fsp3) is 0.294. The van der Waals surface area contributed by atoms with Crippen LogP contribution in [-0.2, 0) is 0 Å². The highest BCUT2D eigenvalue weighted by atomic mass is 35.5. The van der Waals surface area contributed by atoms with Gasteiger partial charge in [0.1, 0.15) is 0 Å². The fourth-order valence-corrected chi connectivity index (χ4v) is 3.34. The maximum atomic E-state index is 5.96. The van der Waals surface area contributed by atoms with E-state index in [0.717, 1.165) is 5.02 Å². The zero-order valence-corrected chi connectivity index (χ0v) is 11.5. The number of benzene rings is 2. The van der Waals surface area contributed by atoms with Crippen LogP contribution in [0, 0.1) is 5.41 Å². The van der Waals surface area contributed by atoms with Gasteiger partial charge in [-0.2, -0.15) is 0 Å². The monoisotopic (exact) mass is 256 g/mol. The third-order valence-electron chi connectivity index (χ3n) is 4.22. The minimum atomic E-state index is 0.342. The van der Waals surface area contributed by atoms with Crippen molar-refractivity contribution in [2.75, 3.05) is 0 Å². The molecule has 0 amide bonds. The molecule has 0 aliphatic heterocycles. The lowest BCUT2D eigenvalue weighted by Gasteiger charge is -2.02. The predicted molar refractivity (Wildman–Crippen MR) is 77.2 cm³/mol. The lowest BCUT2D eigenvalue weighted by atomic mass is 10.0.